The van der Waals surface area contributed by atoms with Crippen LogP contribution < -0.4 is 10.1 Å². The predicted molar refractivity (Wildman–Crippen MR) is 268 cm³/mol. The first-order valence-corrected chi connectivity index (χ1v) is 28.0. The number of nitrogens with zero attached hydrogens (tertiary/aromatic N) is 1. The molecule has 66 heavy (non-hydrogen) atoms. The number of alkyl carbamates (subject to hydrolysis) is 1. The molecule has 0 spiro atoms. The minimum Gasteiger partial charge on any atom is -0.465 e. The molecule has 0 aliphatic rings. The van der Waals surface area contributed by atoms with Gasteiger partial charge in [0.1, 0.15) is 32.2 Å². The molecule has 1 aromatic rings. The van der Waals surface area contributed by atoms with E-state index in [4.69, 9.17) is 28.4 Å². The van der Waals surface area contributed by atoms with Crippen molar-refractivity contribution in [3.63, 3.8) is 0 Å². The highest BCUT2D eigenvalue weighted by Gasteiger charge is 2.20. The third kappa shape index (κ3) is 37.9. The molecule has 1 rings (SSSR count). The van der Waals surface area contributed by atoms with E-state index < -0.39 is 24.3 Å². The summed E-state index contributed by atoms with van der Waals surface area (Å²) < 4.78 is 32.3. The van der Waals surface area contributed by atoms with E-state index in [1.807, 2.05) is 0 Å². The van der Waals surface area contributed by atoms with Gasteiger partial charge in [-0.3, -0.25) is 14.4 Å². The van der Waals surface area contributed by atoms with Crippen LogP contribution in [0.3, 0.4) is 0 Å². The number of carbonyl (C=O) groups excluding carboxylic acids is 5. The Bertz CT molecular complexity index is 1370. The molecule has 0 saturated heterocycles. The Morgan fingerprint density at radius 3 is 1.53 bits per heavy atom. The molecule has 13 nitrogen and oxygen atoms in total. The lowest BCUT2D eigenvalue weighted by molar-refractivity contribution is -0.161. The van der Waals surface area contributed by atoms with Gasteiger partial charge in [0.05, 0.1) is 6.42 Å². The number of ether oxygens (including phenoxy) is 6. The summed E-state index contributed by atoms with van der Waals surface area (Å²) in [5.74, 6) is 0.224. The normalized spacial score (nSPS) is 11.5. The molecule has 1 amide bonds. The molecule has 0 aliphatic carbocycles. The first kappa shape index (κ1) is 60.8. The molecule has 0 fully saturated rings. The molecule has 0 saturated carbocycles. The summed E-state index contributed by atoms with van der Waals surface area (Å²) in [5, 5.41) is 2.75. The van der Waals surface area contributed by atoms with Gasteiger partial charge in [0.2, 0.25) is 0 Å². The van der Waals surface area contributed by atoms with Crippen molar-refractivity contribution < 1.29 is 52.4 Å². The summed E-state index contributed by atoms with van der Waals surface area (Å²) in [6.07, 6.45) is 24.0. The van der Waals surface area contributed by atoms with E-state index in [1.165, 1.54) is 118 Å². The maximum Gasteiger partial charge on any atom is 0.513 e. The van der Waals surface area contributed by atoms with Crippen LogP contribution in [0, 0.1) is 0 Å². The predicted octanol–water partition coefficient (Wildman–Crippen LogP) is 12.6. The standard InChI is InChI=1S/C51H88N2O11S2/c1-5-9-11-13-15-17-19-21-23-25-27-29-47(54)61-42-46(63-48(55)30-28-26-24-22-20-18-16-14-12-10-6-2)43-62-51(58)64-45-33-31-44(32-34-45)41-49(56)59-37-39-65-66-40-38-60-50(57)52-35-36-53(7-3)8-4/h31-34,46H,5-30,35-43H2,1-4H3,(H,52,57). The monoisotopic (exact) mass is 969 g/mol. The molecule has 0 radical (unpaired) electrons. The van der Waals surface area contributed by atoms with Crippen molar-refractivity contribution in [3.05, 3.63) is 29.8 Å². The molecular formula is C51H88N2O11S2. The number of esters is 3. The van der Waals surface area contributed by atoms with Gasteiger partial charge in [0, 0.05) is 37.4 Å². The average Bonchev–Trinajstić information content (AvgIpc) is 3.31. The van der Waals surface area contributed by atoms with E-state index in [2.05, 4.69) is 37.9 Å². The lowest BCUT2D eigenvalue weighted by Crippen LogP contribution is -2.35. The highest BCUT2D eigenvalue weighted by atomic mass is 33.1. The van der Waals surface area contributed by atoms with Gasteiger partial charge in [-0.2, -0.15) is 0 Å². The van der Waals surface area contributed by atoms with Crippen LogP contribution in [0.4, 0.5) is 9.59 Å². The summed E-state index contributed by atoms with van der Waals surface area (Å²) >= 11 is 0. The molecule has 1 unspecified atom stereocenters. The summed E-state index contributed by atoms with van der Waals surface area (Å²) in [5.41, 5.74) is 0.676. The second-order valence-corrected chi connectivity index (χ2v) is 19.5. The highest BCUT2D eigenvalue weighted by Crippen LogP contribution is 2.21. The number of benzene rings is 1. The zero-order chi connectivity index (χ0) is 48.1. The Kier molecular flexibility index (Phi) is 40.9. The Labute approximate surface area is 406 Å². The quantitative estimate of drug-likeness (QED) is 0.0217. The first-order valence-electron chi connectivity index (χ1n) is 25.5. The van der Waals surface area contributed by atoms with E-state index in [9.17, 15) is 24.0 Å². The second kappa shape index (κ2) is 44.3. The van der Waals surface area contributed by atoms with E-state index in [1.54, 1.807) is 24.3 Å². The smallest absolute Gasteiger partial charge is 0.465 e. The second-order valence-electron chi connectivity index (χ2n) is 16.8. The first-order chi connectivity index (χ1) is 32.2. The van der Waals surface area contributed by atoms with Crippen LogP contribution >= 0.6 is 21.6 Å². The average molecular weight is 969 g/mol. The minimum absolute atomic E-state index is 0.0456. The molecule has 1 N–H and O–H groups in total. The summed E-state index contributed by atoms with van der Waals surface area (Å²) in [6.45, 7) is 11.8. The molecular weight excluding hydrogens is 881 g/mol. The van der Waals surface area contributed by atoms with Crippen LogP contribution in [0.2, 0.25) is 0 Å². The van der Waals surface area contributed by atoms with E-state index in [0.29, 0.717) is 30.0 Å². The van der Waals surface area contributed by atoms with Gasteiger partial charge in [-0.15, -0.1) is 0 Å². The fourth-order valence-corrected chi connectivity index (χ4v) is 8.70. The summed E-state index contributed by atoms with van der Waals surface area (Å²) in [4.78, 5) is 64.5. The number of carbonyl (C=O) groups is 5. The molecule has 0 aromatic heterocycles. The molecule has 380 valence electrons. The molecule has 0 bridgehead atoms. The van der Waals surface area contributed by atoms with Crippen molar-refractivity contribution in [1.29, 1.82) is 0 Å². The van der Waals surface area contributed by atoms with E-state index in [0.717, 1.165) is 58.2 Å². The zero-order valence-corrected chi connectivity index (χ0v) is 43.0. The number of unbranched alkanes of at least 4 members (excludes halogenated alkanes) is 20. The van der Waals surface area contributed by atoms with Crippen LogP contribution in [-0.2, 0) is 44.5 Å². The van der Waals surface area contributed by atoms with Crippen molar-refractivity contribution in [3.8, 4) is 5.75 Å². The Balaban J connectivity index is 2.42. The molecule has 0 heterocycles. The molecule has 0 aliphatic heterocycles. The lowest BCUT2D eigenvalue weighted by Gasteiger charge is -2.18. The van der Waals surface area contributed by atoms with Crippen LogP contribution in [0.25, 0.3) is 0 Å². The number of hydrogen-bond donors (Lipinski definition) is 1. The van der Waals surface area contributed by atoms with Crippen LogP contribution in [-0.4, -0.2) is 105 Å². The molecule has 1 aromatic carbocycles. The largest absolute Gasteiger partial charge is 0.513 e. The van der Waals surface area contributed by atoms with Crippen molar-refractivity contribution in [2.75, 3.05) is 64.1 Å². The van der Waals surface area contributed by atoms with Gasteiger partial charge in [-0.05, 0) is 43.6 Å². The van der Waals surface area contributed by atoms with Gasteiger partial charge in [-0.1, -0.05) is 190 Å². The number of rotatable bonds is 44. The van der Waals surface area contributed by atoms with E-state index >= 15 is 0 Å². The lowest BCUT2D eigenvalue weighted by atomic mass is 10.1. The minimum atomic E-state index is -1.00. The zero-order valence-electron chi connectivity index (χ0n) is 41.4. The Morgan fingerprint density at radius 1 is 0.545 bits per heavy atom. The van der Waals surface area contributed by atoms with Gasteiger partial charge in [-0.25, -0.2) is 9.59 Å². The van der Waals surface area contributed by atoms with Crippen LogP contribution in [0.5, 0.6) is 5.75 Å². The van der Waals surface area contributed by atoms with Gasteiger partial charge >= 0.3 is 30.2 Å². The van der Waals surface area contributed by atoms with E-state index in [-0.39, 0.29) is 63.4 Å². The molecule has 1 atom stereocenters. The van der Waals surface area contributed by atoms with Gasteiger partial charge in [0.15, 0.2) is 6.10 Å². The maximum atomic E-state index is 12.8. The third-order valence-electron chi connectivity index (χ3n) is 11.1. The fraction of sp³-hybridized carbons (Fsp3) is 0.784. The van der Waals surface area contributed by atoms with Crippen molar-refractivity contribution in [2.24, 2.45) is 0 Å². The van der Waals surface area contributed by atoms with Crippen molar-refractivity contribution in [1.82, 2.24) is 10.2 Å². The number of nitrogens with one attached hydrogen (secondary N) is 1. The fourth-order valence-electron chi connectivity index (χ4n) is 7.05. The van der Waals surface area contributed by atoms with Crippen LogP contribution in [0.15, 0.2) is 24.3 Å². The number of hydrogen-bond acceptors (Lipinski definition) is 14. The number of likely N-dealkylation sites (N-methyl/N-ethyl adjacent to an activating group) is 1. The van der Waals surface area contributed by atoms with Gasteiger partial charge in [0.25, 0.3) is 0 Å². The Hall–Kier alpha value is -3.17. The summed E-state index contributed by atoms with van der Waals surface area (Å²) in [6, 6.07) is 6.40. The maximum absolute atomic E-state index is 12.8. The van der Waals surface area contributed by atoms with Gasteiger partial charge < -0.3 is 38.6 Å². The molecule has 15 heteroatoms. The number of amides is 1. The van der Waals surface area contributed by atoms with Crippen molar-refractivity contribution >= 4 is 51.7 Å². The third-order valence-corrected chi connectivity index (χ3v) is 13.4. The highest BCUT2D eigenvalue weighted by molar-refractivity contribution is 8.76. The van der Waals surface area contributed by atoms with Crippen molar-refractivity contribution in [2.45, 2.75) is 194 Å². The summed E-state index contributed by atoms with van der Waals surface area (Å²) in [7, 11) is 3.07. The van der Waals surface area contributed by atoms with Crippen LogP contribution in [0.1, 0.15) is 187 Å². The Morgan fingerprint density at radius 2 is 1.02 bits per heavy atom. The topological polar surface area (TPSA) is 156 Å². The SMILES string of the molecule is CCCCCCCCCCCCCC(=O)OCC(COC(=O)Oc1ccc(CC(=O)OCCSSCCOC(=O)NCCN(CC)CC)cc1)OC(=O)CCCCCCCCCCCCC.